The van der Waals surface area contributed by atoms with Gasteiger partial charge < -0.3 is 20.1 Å². The fourth-order valence-electron chi connectivity index (χ4n) is 2.71. The van der Waals surface area contributed by atoms with Crippen LogP contribution in [0.4, 0.5) is 17.5 Å². The Balaban J connectivity index is 1.57. The van der Waals surface area contributed by atoms with E-state index in [-0.39, 0.29) is 5.97 Å². The minimum atomic E-state index is -0.349. The van der Waals surface area contributed by atoms with Crippen LogP contribution in [-0.2, 0) is 11.2 Å². The van der Waals surface area contributed by atoms with Crippen LogP contribution in [-0.4, -0.2) is 41.4 Å². The van der Waals surface area contributed by atoms with Crippen LogP contribution >= 0.6 is 0 Å². The van der Waals surface area contributed by atoms with Crippen LogP contribution in [0.2, 0.25) is 0 Å². The highest BCUT2D eigenvalue weighted by Gasteiger charge is 2.07. The fraction of sp³-hybridized carbons (Fsp3) is 0.238. The van der Waals surface area contributed by atoms with Crippen molar-refractivity contribution in [2.24, 2.45) is 0 Å². The Morgan fingerprint density at radius 3 is 2.66 bits per heavy atom. The number of methoxy groups -OCH3 is 1. The number of benzene rings is 2. The topological polar surface area (TPSA) is 98.3 Å². The Morgan fingerprint density at radius 1 is 1.10 bits per heavy atom. The summed E-state index contributed by atoms with van der Waals surface area (Å²) in [6.07, 6.45) is 2.35. The van der Waals surface area contributed by atoms with Gasteiger partial charge in [0.25, 0.3) is 0 Å². The third kappa shape index (κ3) is 5.65. The average molecular weight is 393 g/mol. The molecule has 0 saturated heterocycles. The maximum absolute atomic E-state index is 11.7. The van der Waals surface area contributed by atoms with E-state index in [2.05, 4.69) is 25.8 Å². The Morgan fingerprint density at radius 2 is 1.90 bits per heavy atom. The molecule has 3 rings (SSSR count). The first kappa shape index (κ1) is 20.1. The second-order valence-corrected chi connectivity index (χ2v) is 6.08. The molecule has 2 N–H and O–H groups in total. The number of hydrogen-bond acceptors (Lipinski definition) is 8. The van der Waals surface area contributed by atoms with Crippen molar-refractivity contribution < 1.29 is 14.3 Å². The molecule has 0 aliphatic carbocycles. The number of carbonyl (C=O) groups is 1. The van der Waals surface area contributed by atoms with Gasteiger partial charge in [0.15, 0.2) is 5.82 Å². The van der Waals surface area contributed by atoms with Gasteiger partial charge in [0, 0.05) is 12.2 Å². The van der Waals surface area contributed by atoms with Gasteiger partial charge in [-0.2, -0.15) is 10.1 Å². The van der Waals surface area contributed by atoms with Crippen LogP contribution < -0.4 is 15.4 Å². The first-order chi connectivity index (χ1) is 14.2. The second kappa shape index (κ2) is 10.0. The molecule has 8 heteroatoms. The molecule has 2 aromatic carbocycles. The molecule has 1 aromatic heterocycles. The van der Waals surface area contributed by atoms with Crippen LogP contribution in [0.1, 0.15) is 22.8 Å². The monoisotopic (exact) mass is 393 g/mol. The summed E-state index contributed by atoms with van der Waals surface area (Å²) in [5, 5.41) is 14.3. The first-order valence-electron chi connectivity index (χ1n) is 9.29. The van der Waals surface area contributed by atoms with Crippen LogP contribution in [0, 0.1) is 0 Å². The van der Waals surface area contributed by atoms with Gasteiger partial charge in [-0.3, -0.25) is 0 Å². The maximum atomic E-state index is 11.7. The van der Waals surface area contributed by atoms with Gasteiger partial charge in [-0.25, -0.2) is 4.79 Å². The lowest BCUT2D eigenvalue weighted by Crippen LogP contribution is -2.09. The van der Waals surface area contributed by atoms with E-state index in [4.69, 9.17) is 9.47 Å². The summed E-state index contributed by atoms with van der Waals surface area (Å²) < 4.78 is 10.3. The minimum absolute atomic E-state index is 0.342. The van der Waals surface area contributed by atoms with Crippen molar-refractivity contribution in [3.63, 3.8) is 0 Å². The predicted octanol–water partition coefficient (Wildman–Crippen LogP) is 3.46. The number of nitrogens with zero attached hydrogens (tertiary/aromatic N) is 3. The number of esters is 1. The van der Waals surface area contributed by atoms with Crippen molar-refractivity contribution >= 4 is 23.4 Å². The van der Waals surface area contributed by atoms with E-state index in [0.29, 0.717) is 30.5 Å². The van der Waals surface area contributed by atoms with Gasteiger partial charge in [0.05, 0.1) is 25.5 Å². The summed E-state index contributed by atoms with van der Waals surface area (Å²) in [5.41, 5.74) is 2.35. The van der Waals surface area contributed by atoms with Gasteiger partial charge in [-0.1, -0.05) is 18.2 Å². The zero-order valence-corrected chi connectivity index (χ0v) is 16.4. The molecule has 0 bridgehead atoms. The molecular weight excluding hydrogens is 370 g/mol. The number of carbonyl (C=O) groups excluding carboxylic acids is 1. The average Bonchev–Trinajstić information content (AvgIpc) is 2.75. The van der Waals surface area contributed by atoms with E-state index < -0.39 is 0 Å². The van der Waals surface area contributed by atoms with Crippen LogP contribution in [0.3, 0.4) is 0 Å². The summed E-state index contributed by atoms with van der Waals surface area (Å²) in [6.45, 7) is 2.79. The number of nitrogens with one attached hydrogen (secondary N) is 2. The van der Waals surface area contributed by atoms with Gasteiger partial charge in [0.1, 0.15) is 5.75 Å². The lowest BCUT2D eigenvalue weighted by Gasteiger charge is -2.10. The number of aromatic nitrogens is 3. The molecule has 0 saturated carbocycles. The zero-order valence-electron chi connectivity index (χ0n) is 16.4. The molecule has 0 unspecified atom stereocenters. The third-order valence-electron chi connectivity index (χ3n) is 4.10. The first-order valence-corrected chi connectivity index (χ1v) is 9.29. The molecule has 1 heterocycles. The Kier molecular flexibility index (Phi) is 6.94. The zero-order chi connectivity index (χ0) is 20.5. The highest BCUT2D eigenvalue weighted by Crippen LogP contribution is 2.18. The van der Waals surface area contributed by atoms with Crippen LogP contribution in [0.5, 0.6) is 5.75 Å². The van der Waals surface area contributed by atoms with Crippen LogP contribution in [0.15, 0.2) is 54.7 Å². The summed E-state index contributed by atoms with van der Waals surface area (Å²) in [7, 11) is 1.66. The van der Waals surface area contributed by atoms with Gasteiger partial charge in [-0.15, -0.1) is 5.10 Å². The summed E-state index contributed by atoms with van der Waals surface area (Å²) in [4.78, 5) is 16.1. The Bertz CT molecular complexity index is 947. The quantitative estimate of drug-likeness (QED) is 0.534. The van der Waals surface area contributed by atoms with Crippen molar-refractivity contribution in [2.45, 2.75) is 13.3 Å². The van der Waals surface area contributed by atoms with E-state index in [1.807, 2.05) is 24.3 Å². The molecule has 0 spiro atoms. The van der Waals surface area contributed by atoms with Gasteiger partial charge in [-0.05, 0) is 49.2 Å². The maximum Gasteiger partial charge on any atom is 0.338 e. The van der Waals surface area contributed by atoms with Crippen molar-refractivity contribution in [3.8, 4) is 5.75 Å². The van der Waals surface area contributed by atoms with Crippen molar-refractivity contribution in [3.05, 3.63) is 65.9 Å². The number of para-hydroxylation sites is 1. The van der Waals surface area contributed by atoms with E-state index in [1.54, 1.807) is 44.5 Å². The molecule has 0 atom stereocenters. The Hall–Kier alpha value is -3.68. The molecule has 0 aliphatic heterocycles. The normalized spacial score (nSPS) is 10.3. The molecule has 8 nitrogen and oxygen atoms in total. The molecule has 150 valence electrons. The summed E-state index contributed by atoms with van der Waals surface area (Å²) in [6, 6.07) is 14.8. The molecule has 0 fully saturated rings. The van der Waals surface area contributed by atoms with Crippen molar-refractivity contribution in [1.82, 2.24) is 15.2 Å². The van der Waals surface area contributed by atoms with E-state index in [1.165, 1.54) is 0 Å². The highest BCUT2D eigenvalue weighted by molar-refractivity contribution is 5.89. The number of anilines is 3. The number of ether oxygens (including phenoxy) is 2. The standard InChI is InChI=1S/C21H23N5O3/c1-3-29-20(27)16-8-10-17(11-9-16)24-21-25-19(14-23-26-21)22-13-12-15-6-4-5-7-18(15)28-2/h4-11,14H,3,12-13H2,1-2H3,(H2,22,24,25,26). The Labute approximate surface area is 169 Å². The van der Waals surface area contributed by atoms with E-state index in [0.717, 1.165) is 23.4 Å². The lowest BCUT2D eigenvalue weighted by atomic mass is 10.1. The minimum Gasteiger partial charge on any atom is -0.496 e. The molecule has 0 radical (unpaired) electrons. The molecule has 0 amide bonds. The molecular formula is C21H23N5O3. The highest BCUT2D eigenvalue weighted by atomic mass is 16.5. The number of hydrogen-bond donors (Lipinski definition) is 2. The van der Waals surface area contributed by atoms with Crippen molar-refractivity contribution in [2.75, 3.05) is 30.9 Å². The SMILES string of the molecule is CCOC(=O)c1ccc(Nc2nncc(NCCc3ccccc3OC)n2)cc1. The number of rotatable bonds is 9. The smallest absolute Gasteiger partial charge is 0.338 e. The van der Waals surface area contributed by atoms with Crippen LogP contribution in [0.25, 0.3) is 0 Å². The molecule has 3 aromatic rings. The summed E-state index contributed by atoms with van der Waals surface area (Å²) in [5.74, 6) is 1.48. The fourth-order valence-corrected chi connectivity index (χ4v) is 2.71. The predicted molar refractivity (Wildman–Crippen MR) is 111 cm³/mol. The molecule has 29 heavy (non-hydrogen) atoms. The van der Waals surface area contributed by atoms with Gasteiger partial charge in [0.2, 0.25) is 5.95 Å². The van der Waals surface area contributed by atoms with E-state index >= 15 is 0 Å². The van der Waals surface area contributed by atoms with Gasteiger partial charge >= 0.3 is 5.97 Å². The summed E-state index contributed by atoms with van der Waals surface area (Å²) >= 11 is 0. The largest absolute Gasteiger partial charge is 0.496 e. The van der Waals surface area contributed by atoms with E-state index in [9.17, 15) is 4.79 Å². The third-order valence-corrected chi connectivity index (χ3v) is 4.10. The second-order valence-electron chi connectivity index (χ2n) is 6.08. The molecule has 0 aliphatic rings. The lowest BCUT2D eigenvalue weighted by molar-refractivity contribution is 0.0526. The van der Waals surface area contributed by atoms with Crippen molar-refractivity contribution in [1.29, 1.82) is 0 Å².